The van der Waals surface area contributed by atoms with Gasteiger partial charge in [0.25, 0.3) is 0 Å². The smallest absolute Gasteiger partial charge is 0.248 e. The van der Waals surface area contributed by atoms with Gasteiger partial charge >= 0.3 is 0 Å². The second kappa shape index (κ2) is 8.74. The lowest BCUT2D eigenvalue weighted by atomic mass is 10.0. The van der Waals surface area contributed by atoms with Crippen molar-refractivity contribution in [2.45, 2.75) is 89.4 Å². The summed E-state index contributed by atoms with van der Waals surface area (Å²) in [6, 6.07) is 0. The summed E-state index contributed by atoms with van der Waals surface area (Å²) in [5.41, 5.74) is 0. The summed E-state index contributed by atoms with van der Waals surface area (Å²) in [5.74, 6) is 0.277. The van der Waals surface area contributed by atoms with Crippen molar-refractivity contribution in [1.29, 1.82) is 0 Å². The lowest BCUT2D eigenvalue weighted by molar-refractivity contribution is -0.136. The zero-order valence-corrected chi connectivity index (χ0v) is 13.4. The highest BCUT2D eigenvalue weighted by molar-refractivity contribution is 5.80. The van der Waals surface area contributed by atoms with Crippen LogP contribution in [0.3, 0.4) is 0 Å². The molecular weight excluding hydrogens is 266 g/mol. The van der Waals surface area contributed by atoms with Crippen LogP contribution in [0.15, 0.2) is 0 Å². The third-order valence-electron chi connectivity index (χ3n) is 5.00. The molecule has 0 aromatic heterocycles. The first-order valence-corrected chi connectivity index (χ1v) is 8.78. The molecule has 2 saturated carbocycles. The summed E-state index contributed by atoms with van der Waals surface area (Å²) in [4.78, 5) is 12.1. The van der Waals surface area contributed by atoms with Gasteiger partial charge < -0.3 is 15.2 Å². The fourth-order valence-electron chi connectivity index (χ4n) is 3.59. The highest BCUT2D eigenvalue weighted by Crippen LogP contribution is 2.27. The SMILES string of the molecule is CC(OC1CCCCCC1)C(=O)NCC(O)C1CCCC1. The fraction of sp³-hybridized carbons (Fsp3) is 0.941. The van der Waals surface area contributed by atoms with Crippen molar-refractivity contribution in [2.24, 2.45) is 5.92 Å². The van der Waals surface area contributed by atoms with Gasteiger partial charge in [0.2, 0.25) is 5.91 Å². The van der Waals surface area contributed by atoms with Crippen molar-refractivity contribution in [2.75, 3.05) is 6.54 Å². The molecule has 0 heterocycles. The van der Waals surface area contributed by atoms with Gasteiger partial charge in [0, 0.05) is 6.54 Å². The number of hydrogen-bond acceptors (Lipinski definition) is 3. The number of rotatable bonds is 6. The molecule has 0 saturated heterocycles. The maximum absolute atomic E-state index is 12.1. The van der Waals surface area contributed by atoms with Crippen LogP contribution < -0.4 is 5.32 Å². The Morgan fingerprint density at radius 1 is 1.10 bits per heavy atom. The second-order valence-electron chi connectivity index (χ2n) is 6.75. The van der Waals surface area contributed by atoms with Gasteiger partial charge in [-0.2, -0.15) is 0 Å². The number of amides is 1. The summed E-state index contributed by atoms with van der Waals surface area (Å²) < 4.78 is 5.90. The Morgan fingerprint density at radius 3 is 2.29 bits per heavy atom. The van der Waals surface area contributed by atoms with Crippen molar-refractivity contribution in [3.8, 4) is 0 Å². The van der Waals surface area contributed by atoms with Gasteiger partial charge in [0.05, 0.1) is 12.2 Å². The van der Waals surface area contributed by atoms with Crippen molar-refractivity contribution in [3.05, 3.63) is 0 Å². The van der Waals surface area contributed by atoms with Gasteiger partial charge in [-0.3, -0.25) is 4.79 Å². The topological polar surface area (TPSA) is 58.6 Å². The van der Waals surface area contributed by atoms with E-state index < -0.39 is 12.2 Å². The van der Waals surface area contributed by atoms with Crippen molar-refractivity contribution < 1.29 is 14.6 Å². The van der Waals surface area contributed by atoms with Gasteiger partial charge in [0.1, 0.15) is 6.10 Å². The van der Waals surface area contributed by atoms with Crippen LogP contribution in [0.5, 0.6) is 0 Å². The molecule has 4 nitrogen and oxygen atoms in total. The molecule has 2 rings (SSSR count). The summed E-state index contributed by atoms with van der Waals surface area (Å²) >= 11 is 0. The zero-order chi connectivity index (χ0) is 15.1. The summed E-state index contributed by atoms with van der Waals surface area (Å²) in [6.07, 6.45) is 11.1. The summed E-state index contributed by atoms with van der Waals surface area (Å²) in [6.45, 7) is 2.18. The molecule has 2 aliphatic rings. The Bertz CT molecular complexity index is 307. The molecule has 4 heteroatoms. The van der Waals surface area contributed by atoms with E-state index in [0.717, 1.165) is 25.7 Å². The number of nitrogens with one attached hydrogen (secondary N) is 1. The zero-order valence-electron chi connectivity index (χ0n) is 13.4. The first kappa shape index (κ1) is 16.8. The lowest BCUT2D eigenvalue weighted by Gasteiger charge is -2.22. The van der Waals surface area contributed by atoms with Gasteiger partial charge in [-0.05, 0) is 38.5 Å². The van der Waals surface area contributed by atoms with Crippen LogP contribution in [-0.2, 0) is 9.53 Å². The van der Waals surface area contributed by atoms with E-state index in [4.69, 9.17) is 4.74 Å². The molecule has 2 aliphatic carbocycles. The van der Waals surface area contributed by atoms with Crippen LogP contribution in [-0.4, -0.2) is 35.9 Å². The predicted octanol–water partition coefficient (Wildman–Crippen LogP) is 2.78. The Labute approximate surface area is 128 Å². The van der Waals surface area contributed by atoms with E-state index >= 15 is 0 Å². The van der Waals surface area contributed by atoms with Gasteiger partial charge in [-0.15, -0.1) is 0 Å². The van der Waals surface area contributed by atoms with Crippen LogP contribution in [0.4, 0.5) is 0 Å². The summed E-state index contributed by atoms with van der Waals surface area (Å²) in [5, 5.41) is 12.9. The maximum Gasteiger partial charge on any atom is 0.248 e. The molecule has 2 unspecified atom stereocenters. The monoisotopic (exact) mass is 297 g/mol. The predicted molar refractivity (Wildman–Crippen MR) is 83.0 cm³/mol. The Morgan fingerprint density at radius 2 is 1.67 bits per heavy atom. The minimum atomic E-state index is -0.413. The number of hydrogen-bond donors (Lipinski definition) is 2. The molecule has 0 aromatic carbocycles. The first-order chi connectivity index (χ1) is 10.2. The minimum absolute atomic E-state index is 0.0868. The van der Waals surface area contributed by atoms with E-state index in [2.05, 4.69) is 5.32 Å². The lowest BCUT2D eigenvalue weighted by Crippen LogP contribution is -2.42. The van der Waals surface area contributed by atoms with Crippen LogP contribution in [0.25, 0.3) is 0 Å². The number of carbonyl (C=O) groups excluding carboxylic acids is 1. The van der Waals surface area contributed by atoms with Crippen molar-refractivity contribution >= 4 is 5.91 Å². The molecule has 2 N–H and O–H groups in total. The molecule has 0 bridgehead atoms. The van der Waals surface area contributed by atoms with Gasteiger partial charge in [0.15, 0.2) is 0 Å². The number of aliphatic hydroxyl groups excluding tert-OH is 1. The standard InChI is InChI=1S/C17H31NO3/c1-13(21-15-10-4-2-3-5-11-15)17(20)18-12-16(19)14-8-6-7-9-14/h13-16,19H,2-12H2,1H3,(H,18,20). The third kappa shape index (κ3) is 5.59. The van der Waals surface area contributed by atoms with Crippen LogP contribution in [0.1, 0.15) is 71.1 Å². The molecule has 21 heavy (non-hydrogen) atoms. The maximum atomic E-state index is 12.1. The highest BCUT2D eigenvalue weighted by Gasteiger charge is 2.25. The largest absolute Gasteiger partial charge is 0.391 e. The Kier molecular flexibility index (Phi) is 6.97. The van der Waals surface area contributed by atoms with Gasteiger partial charge in [-0.1, -0.05) is 38.5 Å². The second-order valence-corrected chi connectivity index (χ2v) is 6.75. The quantitative estimate of drug-likeness (QED) is 0.741. The van der Waals surface area contributed by atoms with E-state index in [9.17, 15) is 9.90 Å². The average molecular weight is 297 g/mol. The highest BCUT2D eigenvalue weighted by atomic mass is 16.5. The normalized spacial score (nSPS) is 24.5. The van der Waals surface area contributed by atoms with E-state index in [1.165, 1.54) is 38.5 Å². The van der Waals surface area contributed by atoms with Crippen LogP contribution in [0.2, 0.25) is 0 Å². The van der Waals surface area contributed by atoms with Crippen molar-refractivity contribution in [1.82, 2.24) is 5.32 Å². The van der Waals surface area contributed by atoms with E-state index in [-0.39, 0.29) is 12.0 Å². The number of ether oxygens (including phenoxy) is 1. The van der Waals surface area contributed by atoms with E-state index in [0.29, 0.717) is 12.5 Å². The molecule has 0 radical (unpaired) electrons. The van der Waals surface area contributed by atoms with E-state index in [1.54, 1.807) is 0 Å². The molecule has 0 aromatic rings. The molecule has 2 atom stereocenters. The summed E-state index contributed by atoms with van der Waals surface area (Å²) in [7, 11) is 0. The molecule has 0 aliphatic heterocycles. The van der Waals surface area contributed by atoms with Crippen molar-refractivity contribution in [3.63, 3.8) is 0 Å². The fourth-order valence-corrected chi connectivity index (χ4v) is 3.59. The Hall–Kier alpha value is -0.610. The molecular formula is C17H31NO3. The van der Waals surface area contributed by atoms with E-state index in [1.807, 2.05) is 6.92 Å². The minimum Gasteiger partial charge on any atom is -0.391 e. The molecule has 0 spiro atoms. The first-order valence-electron chi connectivity index (χ1n) is 8.78. The molecule has 122 valence electrons. The van der Waals surface area contributed by atoms with Gasteiger partial charge in [-0.25, -0.2) is 0 Å². The number of aliphatic hydroxyl groups is 1. The van der Waals surface area contributed by atoms with Crippen LogP contribution in [0, 0.1) is 5.92 Å². The Balaban J connectivity index is 1.66. The van der Waals surface area contributed by atoms with Crippen LogP contribution >= 0.6 is 0 Å². The molecule has 1 amide bonds. The number of carbonyl (C=O) groups is 1. The third-order valence-corrected chi connectivity index (χ3v) is 5.00. The molecule has 2 fully saturated rings. The average Bonchev–Trinajstić information content (AvgIpc) is 2.90.